The summed E-state index contributed by atoms with van der Waals surface area (Å²) in [6.45, 7) is 23.1. The van der Waals surface area contributed by atoms with Crippen LogP contribution in [0.5, 0.6) is 0 Å². The number of halogens is 3. The van der Waals surface area contributed by atoms with Crippen LogP contribution in [0.3, 0.4) is 0 Å². The van der Waals surface area contributed by atoms with Gasteiger partial charge in [-0.25, -0.2) is 38.1 Å². The van der Waals surface area contributed by atoms with E-state index in [-0.39, 0.29) is 112 Å². The molecule has 28 nitrogen and oxygen atoms in total. The van der Waals surface area contributed by atoms with Gasteiger partial charge in [0.1, 0.15) is 48.5 Å². The van der Waals surface area contributed by atoms with Crippen LogP contribution in [0.15, 0.2) is 46.0 Å². The SMILES string of the molecule is CC(C)(C)OC(=O)COCC1CN(C(=O)OC(C)(C)C)CCO1.CC(C)(C)OC(=O)N1CCOC(CO)C1.CCOC(=O)C1=C(CN(C)CC(COCC(=O)O)OC)NC(c2nccs2)=NC1c1ccc(F)cc1Cl.Cl.O=C(O)COCC1CCCCO1.OCC1CCCCO1. The number of benzene rings is 1. The molecular formula is C64H103Cl2FN6O22S. The number of aliphatic imine (C=N–C) groups is 1. The summed E-state index contributed by atoms with van der Waals surface area (Å²) in [6.07, 6.45) is 6.86. The van der Waals surface area contributed by atoms with Crippen LogP contribution in [-0.2, 0) is 76.0 Å². The van der Waals surface area contributed by atoms with Crippen molar-refractivity contribution in [1.82, 2.24) is 25.0 Å². The number of aliphatic carboxylic acids is 2. The first-order chi connectivity index (χ1) is 44.8. The van der Waals surface area contributed by atoms with E-state index in [0.29, 0.717) is 74.6 Å². The predicted octanol–water partition coefficient (Wildman–Crippen LogP) is 7.11. The van der Waals surface area contributed by atoms with Gasteiger partial charge in [0.25, 0.3) is 0 Å². The monoisotopic (exact) mass is 1430 g/mol. The number of morpholine rings is 2. The number of amides is 2. The zero-order chi connectivity index (χ0) is 70.7. The molecular weight excluding hydrogens is 1330 g/mol. The molecule has 1 aromatic heterocycles. The fourth-order valence-electron chi connectivity index (χ4n) is 9.17. The van der Waals surface area contributed by atoms with Crippen molar-refractivity contribution in [3.05, 3.63) is 62.5 Å². The van der Waals surface area contributed by atoms with Crippen molar-refractivity contribution in [1.29, 1.82) is 0 Å². The van der Waals surface area contributed by atoms with Gasteiger partial charge in [-0.3, -0.25) is 9.89 Å². The highest BCUT2D eigenvalue weighted by Crippen LogP contribution is 2.37. The van der Waals surface area contributed by atoms with Crippen molar-refractivity contribution < 1.29 is 110 Å². The summed E-state index contributed by atoms with van der Waals surface area (Å²) in [5.74, 6) is -3.07. The van der Waals surface area contributed by atoms with Gasteiger partial charge in [0.15, 0.2) is 10.8 Å². The predicted molar refractivity (Wildman–Crippen MR) is 355 cm³/mol. The van der Waals surface area contributed by atoms with Gasteiger partial charge >= 0.3 is 36.1 Å². The van der Waals surface area contributed by atoms with Crippen LogP contribution in [-0.4, -0.2) is 269 Å². The number of amidine groups is 1. The van der Waals surface area contributed by atoms with E-state index in [1.807, 2.05) is 53.5 Å². The van der Waals surface area contributed by atoms with Gasteiger partial charge in [-0.05, 0) is 127 Å². The Hall–Kier alpha value is -5.45. The summed E-state index contributed by atoms with van der Waals surface area (Å²) < 4.78 is 77.0. The second-order valence-electron chi connectivity index (χ2n) is 25.3. The fraction of sp³-hybridized carbons (Fsp3) is 0.719. The molecule has 0 aliphatic carbocycles. The molecule has 4 saturated heterocycles. The minimum atomic E-state index is -1.07. The molecule has 0 bridgehead atoms. The third-order valence-corrected chi connectivity index (χ3v) is 14.4. The molecule has 32 heteroatoms. The van der Waals surface area contributed by atoms with Crippen molar-refractivity contribution in [2.45, 2.75) is 161 Å². The summed E-state index contributed by atoms with van der Waals surface area (Å²) in [5, 5.41) is 40.3. The van der Waals surface area contributed by atoms with Crippen molar-refractivity contribution in [2.75, 3.05) is 139 Å². The van der Waals surface area contributed by atoms with E-state index >= 15 is 0 Å². The normalized spacial score (nSPS) is 20.0. The maximum absolute atomic E-state index is 13.8. The topological polar surface area (TPSA) is 341 Å². The number of carboxylic acids is 2. The number of ether oxygens (including phenoxy) is 12. The molecule has 0 radical (unpaired) electrons. The molecule has 96 heavy (non-hydrogen) atoms. The highest BCUT2D eigenvalue weighted by Gasteiger charge is 2.36. The summed E-state index contributed by atoms with van der Waals surface area (Å²) in [6, 6.07) is 3.06. The minimum Gasteiger partial charge on any atom is -0.480 e. The number of methoxy groups -OCH3 is 1. The van der Waals surface area contributed by atoms with Crippen LogP contribution in [0.2, 0.25) is 5.02 Å². The maximum Gasteiger partial charge on any atom is 0.410 e. The van der Waals surface area contributed by atoms with E-state index in [2.05, 4.69) is 10.3 Å². The summed E-state index contributed by atoms with van der Waals surface area (Å²) in [7, 11) is 3.32. The molecule has 6 unspecified atom stereocenters. The van der Waals surface area contributed by atoms with Crippen LogP contribution in [0.1, 0.15) is 124 Å². The quantitative estimate of drug-likeness (QED) is 0.0546. The number of aliphatic hydroxyl groups is 2. The average Bonchev–Trinajstić information content (AvgIpc) is 0.958. The number of nitrogens with zero attached hydrogens (tertiary/aromatic N) is 5. The van der Waals surface area contributed by atoms with Crippen LogP contribution in [0.4, 0.5) is 14.0 Å². The average molecular weight is 1430 g/mol. The van der Waals surface area contributed by atoms with Gasteiger partial charge in [0.2, 0.25) is 0 Å². The maximum atomic E-state index is 13.8. The van der Waals surface area contributed by atoms with Crippen LogP contribution >= 0.6 is 35.3 Å². The fourth-order valence-corrected chi connectivity index (χ4v) is 10.0. The number of aromatic nitrogens is 1. The van der Waals surface area contributed by atoms with E-state index in [1.54, 1.807) is 49.1 Å². The Labute approximate surface area is 578 Å². The lowest BCUT2D eigenvalue weighted by Crippen LogP contribution is -2.48. The lowest BCUT2D eigenvalue weighted by atomic mass is 9.95. The van der Waals surface area contributed by atoms with E-state index in [0.717, 1.165) is 45.3 Å². The van der Waals surface area contributed by atoms with Crippen molar-refractivity contribution in [2.24, 2.45) is 4.99 Å². The summed E-state index contributed by atoms with van der Waals surface area (Å²) in [4.78, 5) is 83.3. The molecule has 7 rings (SSSR count). The van der Waals surface area contributed by atoms with Crippen LogP contribution in [0, 0.1) is 5.82 Å². The molecule has 5 aliphatic rings. The van der Waals surface area contributed by atoms with Crippen molar-refractivity contribution in [3.63, 3.8) is 0 Å². The highest BCUT2D eigenvalue weighted by atomic mass is 35.5. The first kappa shape index (κ1) is 86.6. The number of esters is 2. The Morgan fingerprint density at radius 3 is 1.77 bits per heavy atom. The van der Waals surface area contributed by atoms with E-state index in [1.165, 1.54) is 43.1 Å². The number of thiazole rings is 1. The largest absolute Gasteiger partial charge is 0.480 e. The number of hydrogen-bond acceptors (Lipinski definition) is 25. The standard InChI is InChI=1S/C24H28ClFN4O6S.C16H29NO6.C10H19NO4.C8H14O4.C6H12O2.ClH/c1-4-36-24(33)20-18(11-30(2)10-15(34-3)12-35-13-19(31)32)28-22(23-27-7-8-37-23)29-21(20)16-6-5-14(26)9-17(16)25;1-15(2,3)22-13(18)11-20-10-12-9-17(7-8-21-12)14(19)23-16(4,5)6;1-10(2,3)15-9(13)11-4-5-14-8(6-11)7-12;9-8(10)6-11-5-7-3-1-2-4-12-7;7-5-6-3-1-2-4-8-6;/h5-9,15,21H,4,10-13H2,1-3H3,(H,28,29)(H,31,32);12H,7-11H2,1-6H3;8,12H,4-7H2,1-3H3;7H,1-6H2,(H,9,10);6-7H,1-5H2;1H. The lowest BCUT2D eigenvalue weighted by molar-refractivity contribution is -0.162. The third-order valence-electron chi connectivity index (χ3n) is 13.3. The molecule has 2 aromatic rings. The second-order valence-corrected chi connectivity index (χ2v) is 26.6. The molecule has 0 spiro atoms. The van der Waals surface area contributed by atoms with Crippen LogP contribution < -0.4 is 5.32 Å². The molecule has 548 valence electrons. The Balaban J connectivity index is 0.000000451. The Bertz CT molecular complexity index is 2690. The zero-order valence-electron chi connectivity index (χ0n) is 57.5. The molecule has 4 fully saturated rings. The second kappa shape index (κ2) is 45.3. The van der Waals surface area contributed by atoms with E-state index in [4.69, 9.17) is 93.9 Å². The van der Waals surface area contributed by atoms with E-state index < -0.39 is 65.3 Å². The number of carbonyl (C=O) groups is 6. The number of rotatable bonds is 23. The number of aliphatic hydroxyl groups excluding tert-OH is 2. The molecule has 6 heterocycles. The molecule has 1 aromatic carbocycles. The number of nitrogens with one attached hydrogen (secondary N) is 1. The first-order valence-corrected chi connectivity index (χ1v) is 32.9. The van der Waals surface area contributed by atoms with Crippen molar-refractivity contribution in [3.8, 4) is 0 Å². The highest BCUT2D eigenvalue weighted by molar-refractivity contribution is 7.11. The third kappa shape index (κ3) is 36.4. The van der Waals surface area contributed by atoms with Gasteiger partial charge in [-0.2, -0.15) is 0 Å². The van der Waals surface area contributed by atoms with Gasteiger partial charge in [-0.1, -0.05) is 17.7 Å². The summed E-state index contributed by atoms with van der Waals surface area (Å²) >= 11 is 7.76. The van der Waals surface area contributed by atoms with Gasteiger partial charge < -0.3 is 92.4 Å². The smallest absolute Gasteiger partial charge is 0.410 e. The first-order valence-electron chi connectivity index (χ1n) is 31.7. The molecule has 2 amide bonds. The van der Waals surface area contributed by atoms with E-state index in [9.17, 15) is 33.2 Å². The number of carbonyl (C=O) groups excluding carboxylic acids is 4. The van der Waals surface area contributed by atoms with Gasteiger partial charge in [-0.15, -0.1) is 23.7 Å². The minimum absolute atomic E-state index is 0. The van der Waals surface area contributed by atoms with Crippen molar-refractivity contribution >= 4 is 77.2 Å². The number of carboxylic acid groups (broad SMARTS) is 2. The Morgan fingerprint density at radius 2 is 1.28 bits per heavy atom. The van der Waals surface area contributed by atoms with Crippen LogP contribution in [0.25, 0.3) is 0 Å². The molecule has 5 aliphatic heterocycles. The number of likely N-dealkylation sites (N-methyl/N-ethyl adjacent to an activating group) is 1. The Kier molecular flexibility index (Phi) is 40.8. The molecule has 6 atom stereocenters. The summed E-state index contributed by atoms with van der Waals surface area (Å²) in [5.41, 5.74) is -0.359. The lowest BCUT2D eigenvalue weighted by Gasteiger charge is -2.34. The molecule has 5 N–H and O–H groups in total. The Morgan fingerprint density at radius 1 is 0.750 bits per heavy atom. The molecule has 0 saturated carbocycles. The van der Waals surface area contributed by atoms with Gasteiger partial charge in [0.05, 0.1) is 102 Å². The number of hydrogen-bond donors (Lipinski definition) is 5. The zero-order valence-corrected chi connectivity index (χ0v) is 59.9. The van der Waals surface area contributed by atoms with Gasteiger partial charge in [0, 0.05) is 74.4 Å².